The summed E-state index contributed by atoms with van der Waals surface area (Å²) in [5.74, 6) is -4.65. The van der Waals surface area contributed by atoms with Crippen LogP contribution in [-0.2, 0) is 22.8 Å². The summed E-state index contributed by atoms with van der Waals surface area (Å²) in [4.78, 5) is 12.3. The van der Waals surface area contributed by atoms with E-state index in [0.717, 1.165) is 0 Å². The molecule has 0 aliphatic heterocycles. The molecule has 148 valence electrons. The Morgan fingerprint density at radius 2 is 2.11 bits per heavy atom. The number of aromatic nitrogens is 2. The van der Waals surface area contributed by atoms with E-state index in [1.165, 1.54) is 35.1 Å². The van der Waals surface area contributed by atoms with Gasteiger partial charge in [-0.3, -0.25) is 4.79 Å². The molecule has 2 aromatic rings. The molecule has 10 heteroatoms. The summed E-state index contributed by atoms with van der Waals surface area (Å²) in [6, 6.07) is 6.03. The average molecular weight is 389 g/mol. The first-order valence-electron chi connectivity index (χ1n) is 8.06. The number of carbonyl (C=O) groups is 1. The van der Waals surface area contributed by atoms with Crippen molar-refractivity contribution in [3.63, 3.8) is 0 Å². The third-order valence-corrected chi connectivity index (χ3v) is 3.39. The Morgan fingerprint density at radius 3 is 2.81 bits per heavy atom. The van der Waals surface area contributed by atoms with E-state index in [1.807, 2.05) is 6.92 Å². The van der Waals surface area contributed by atoms with Gasteiger partial charge in [0.05, 0.1) is 24.7 Å². The Bertz CT molecular complexity index is 753. The van der Waals surface area contributed by atoms with Gasteiger partial charge in [-0.2, -0.15) is 13.9 Å². The van der Waals surface area contributed by atoms with Crippen LogP contribution in [0.25, 0.3) is 0 Å². The van der Waals surface area contributed by atoms with Crippen molar-refractivity contribution < 1.29 is 31.8 Å². The first kappa shape index (κ1) is 20.8. The van der Waals surface area contributed by atoms with E-state index < -0.39 is 24.9 Å². The quantitative estimate of drug-likeness (QED) is 0.632. The van der Waals surface area contributed by atoms with Crippen molar-refractivity contribution in [3.8, 4) is 0 Å². The third kappa shape index (κ3) is 6.33. The van der Waals surface area contributed by atoms with E-state index in [0.29, 0.717) is 17.9 Å². The number of rotatable bonds is 10. The number of alkyl halides is 4. The van der Waals surface area contributed by atoms with Gasteiger partial charge in [-0.05, 0) is 24.6 Å². The molecule has 1 N–H and O–H groups in total. The van der Waals surface area contributed by atoms with E-state index in [-0.39, 0.29) is 18.9 Å². The lowest BCUT2D eigenvalue weighted by atomic mass is 10.1. The van der Waals surface area contributed by atoms with Gasteiger partial charge < -0.3 is 14.8 Å². The minimum absolute atomic E-state index is 0.252. The largest absolute Gasteiger partial charge is 0.370 e. The van der Waals surface area contributed by atoms with Crippen LogP contribution in [0.4, 0.5) is 23.2 Å². The standard InChI is InChI=1S/C17H19F4N3O3/c1-2-26-11-24-8-14(7-22-24)23-15(25)13-5-3-4-12(6-13)9-27-10-17(20,21)16(18)19/h3-8,16H,2,9-11H2,1H3,(H,23,25). The number of nitrogens with zero attached hydrogens (tertiary/aromatic N) is 2. The van der Waals surface area contributed by atoms with Gasteiger partial charge >= 0.3 is 12.3 Å². The zero-order chi connectivity index (χ0) is 19.9. The second kappa shape index (κ2) is 9.47. The van der Waals surface area contributed by atoms with Crippen LogP contribution in [0, 0.1) is 0 Å². The lowest BCUT2D eigenvalue weighted by Gasteiger charge is -2.15. The molecule has 0 saturated heterocycles. The van der Waals surface area contributed by atoms with E-state index >= 15 is 0 Å². The van der Waals surface area contributed by atoms with E-state index in [2.05, 4.69) is 15.2 Å². The minimum atomic E-state index is -4.21. The number of nitrogens with one attached hydrogen (secondary N) is 1. The van der Waals surface area contributed by atoms with Gasteiger partial charge in [-0.1, -0.05) is 12.1 Å². The summed E-state index contributed by atoms with van der Waals surface area (Å²) in [5, 5.41) is 6.66. The Kier molecular flexibility index (Phi) is 7.31. The fraction of sp³-hybridized carbons (Fsp3) is 0.412. The molecule has 0 fully saturated rings. The molecule has 0 unspecified atom stereocenters. The average Bonchev–Trinajstić information content (AvgIpc) is 3.07. The lowest BCUT2D eigenvalue weighted by molar-refractivity contribution is -0.168. The summed E-state index contributed by atoms with van der Waals surface area (Å²) in [6.07, 6.45) is -0.748. The predicted molar refractivity (Wildman–Crippen MR) is 88.9 cm³/mol. The highest BCUT2D eigenvalue weighted by molar-refractivity contribution is 6.04. The summed E-state index contributed by atoms with van der Waals surface area (Å²) in [5.41, 5.74) is 1.12. The summed E-state index contributed by atoms with van der Waals surface area (Å²) in [6.45, 7) is 0.898. The number of hydrogen-bond acceptors (Lipinski definition) is 4. The summed E-state index contributed by atoms with van der Waals surface area (Å²) >= 11 is 0. The second-order valence-electron chi connectivity index (χ2n) is 5.60. The van der Waals surface area contributed by atoms with Crippen molar-refractivity contribution in [2.75, 3.05) is 18.5 Å². The van der Waals surface area contributed by atoms with Crippen LogP contribution in [0.3, 0.4) is 0 Å². The van der Waals surface area contributed by atoms with Crippen LogP contribution in [0.2, 0.25) is 0 Å². The van der Waals surface area contributed by atoms with Crippen LogP contribution in [-0.4, -0.2) is 41.2 Å². The molecule has 1 heterocycles. The monoisotopic (exact) mass is 389 g/mol. The van der Waals surface area contributed by atoms with Crippen molar-refractivity contribution in [2.45, 2.75) is 32.6 Å². The van der Waals surface area contributed by atoms with Crippen LogP contribution >= 0.6 is 0 Å². The molecule has 27 heavy (non-hydrogen) atoms. The maximum absolute atomic E-state index is 12.8. The zero-order valence-electron chi connectivity index (χ0n) is 14.5. The molecular formula is C17H19F4N3O3. The number of carbonyl (C=O) groups excluding carboxylic acids is 1. The number of anilines is 1. The number of hydrogen-bond donors (Lipinski definition) is 1. The smallest absolute Gasteiger partial charge is 0.330 e. The van der Waals surface area contributed by atoms with Crippen molar-refractivity contribution in [3.05, 3.63) is 47.8 Å². The van der Waals surface area contributed by atoms with Gasteiger partial charge in [0.25, 0.3) is 5.91 Å². The molecule has 0 radical (unpaired) electrons. The molecule has 0 bridgehead atoms. The molecule has 0 spiro atoms. The maximum Gasteiger partial charge on any atom is 0.330 e. The summed E-state index contributed by atoms with van der Waals surface area (Å²) < 4.78 is 61.2. The highest BCUT2D eigenvalue weighted by atomic mass is 19.3. The molecule has 0 aliphatic rings. The van der Waals surface area contributed by atoms with Crippen molar-refractivity contribution in [2.24, 2.45) is 0 Å². The molecule has 0 saturated carbocycles. The molecule has 0 atom stereocenters. The molecule has 1 aromatic carbocycles. The second-order valence-corrected chi connectivity index (χ2v) is 5.60. The fourth-order valence-corrected chi connectivity index (χ4v) is 2.06. The molecule has 6 nitrogen and oxygen atoms in total. The highest BCUT2D eigenvalue weighted by Crippen LogP contribution is 2.23. The summed E-state index contributed by atoms with van der Waals surface area (Å²) in [7, 11) is 0. The van der Waals surface area contributed by atoms with Crippen LogP contribution < -0.4 is 5.32 Å². The Morgan fingerprint density at radius 1 is 1.33 bits per heavy atom. The topological polar surface area (TPSA) is 65.4 Å². The first-order valence-corrected chi connectivity index (χ1v) is 8.06. The SMILES string of the molecule is CCOCn1cc(NC(=O)c2cccc(COCC(F)(F)C(F)F)c2)cn1. The van der Waals surface area contributed by atoms with Crippen molar-refractivity contribution >= 4 is 11.6 Å². The first-order chi connectivity index (χ1) is 12.8. The predicted octanol–water partition coefficient (Wildman–Crippen LogP) is 3.55. The van der Waals surface area contributed by atoms with Crippen LogP contribution in [0.5, 0.6) is 0 Å². The van der Waals surface area contributed by atoms with Crippen LogP contribution in [0.15, 0.2) is 36.7 Å². The Labute approximate surface area is 153 Å². The van der Waals surface area contributed by atoms with E-state index in [1.54, 1.807) is 6.20 Å². The Balaban J connectivity index is 1.92. The number of ether oxygens (including phenoxy) is 2. The van der Waals surface area contributed by atoms with Gasteiger partial charge in [0.1, 0.15) is 13.3 Å². The lowest BCUT2D eigenvalue weighted by Crippen LogP contribution is -2.32. The molecule has 2 rings (SSSR count). The minimum Gasteiger partial charge on any atom is -0.370 e. The molecular weight excluding hydrogens is 370 g/mol. The molecule has 0 aliphatic carbocycles. The Hall–Kier alpha value is -2.46. The van der Waals surface area contributed by atoms with E-state index in [9.17, 15) is 22.4 Å². The van der Waals surface area contributed by atoms with Gasteiger partial charge in [0.2, 0.25) is 0 Å². The number of halogens is 4. The zero-order valence-corrected chi connectivity index (χ0v) is 14.5. The van der Waals surface area contributed by atoms with Crippen molar-refractivity contribution in [1.82, 2.24) is 9.78 Å². The van der Waals surface area contributed by atoms with Gasteiger partial charge in [0.15, 0.2) is 0 Å². The van der Waals surface area contributed by atoms with E-state index in [4.69, 9.17) is 4.74 Å². The fourth-order valence-electron chi connectivity index (χ4n) is 2.06. The maximum atomic E-state index is 12.8. The number of amides is 1. The van der Waals surface area contributed by atoms with Gasteiger partial charge in [0, 0.05) is 12.2 Å². The number of benzene rings is 1. The molecule has 1 aromatic heterocycles. The highest BCUT2D eigenvalue weighted by Gasteiger charge is 2.40. The van der Waals surface area contributed by atoms with Crippen molar-refractivity contribution in [1.29, 1.82) is 0 Å². The normalized spacial score (nSPS) is 11.8. The van der Waals surface area contributed by atoms with Crippen LogP contribution in [0.1, 0.15) is 22.8 Å². The molecule has 1 amide bonds. The van der Waals surface area contributed by atoms with Gasteiger partial charge in [-0.25, -0.2) is 13.5 Å². The van der Waals surface area contributed by atoms with Gasteiger partial charge in [-0.15, -0.1) is 0 Å². The third-order valence-electron chi connectivity index (χ3n) is 3.39.